The Balaban J connectivity index is 2.65. The van der Waals surface area contributed by atoms with Crippen LogP contribution in [0.5, 0.6) is 0 Å². The summed E-state index contributed by atoms with van der Waals surface area (Å²) in [7, 11) is 2.07. The first-order valence-corrected chi connectivity index (χ1v) is 5.48. The second-order valence-corrected chi connectivity index (χ2v) is 3.90. The van der Waals surface area contributed by atoms with E-state index in [0.717, 1.165) is 25.3 Å². The zero-order valence-corrected chi connectivity index (χ0v) is 9.88. The lowest BCUT2D eigenvalue weighted by molar-refractivity contribution is 0.334. The fraction of sp³-hybridized carbons (Fsp3) is 0.700. The zero-order chi connectivity index (χ0) is 10.6. The lowest BCUT2D eigenvalue weighted by atomic mass is 10.3. The molecule has 0 spiro atoms. The Morgan fingerprint density at radius 3 is 2.86 bits per heavy atom. The van der Waals surface area contributed by atoms with Crippen LogP contribution in [-0.4, -0.2) is 34.2 Å². The van der Waals surface area contributed by atoms with E-state index in [1.807, 2.05) is 11.6 Å². The Morgan fingerprint density at radius 2 is 2.29 bits per heavy atom. The van der Waals surface area contributed by atoms with Crippen LogP contribution in [0.4, 0.5) is 0 Å². The minimum atomic E-state index is 0.676. The van der Waals surface area contributed by atoms with Crippen LogP contribution in [0.25, 0.3) is 0 Å². The van der Waals surface area contributed by atoms with Crippen molar-refractivity contribution in [2.75, 3.05) is 19.5 Å². The van der Waals surface area contributed by atoms with Gasteiger partial charge in [-0.25, -0.2) is 0 Å². The largest absolute Gasteiger partial charge is 0.299 e. The third-order valence-corrected chi connectivity index (χ3v) is 2.35. The SMILES string of the molecule is CCn1nc(C)cc1CN(C)CCCl. The molecule has 0 aliphatic carbocycles. The van der Waals surface area contributed by atoms with Crippen LogP contribution in [0.2, 0.25) is 0 Å². The third kappa shape index (κ3) is 3.00. The van der Waals surface area contributed by atoms with Crippen molar-refractivity contribution in [1.82, 2.24) is 14.7 Å². The molecule has 0 saturated heterocycles. The maximum atomic E-state index is 5.68. The Bertz CT molecular complexity index is 283. The van der Waals surface area contributed by atoms with Crippen LogP contribution in [0.3, 0.4) is 0 Å². The van der Waals surface area contributed by atoms with Crippen LogP contribution >= 0.6 is 11.6 Å². The highest BCUT2D eigenvalue weighted by Crippen LogP contribution is 2.06. The van der Waals surface area contributed by atoms with Gasteiger partial charge in [0.15, 0.2) is 0 Å². The molecule has 0 N–H and O–H groups in total. The molecule has 0 fully saturated rings. The normalized spacial score (nSPS) is 11.2. The molecule has 4 heteroatoms. The summed E-state index contributed by atoms with van der Waals surface area (Å²) in [5.74, 6) is 0.676. The fourth-order valence-corrected chi connectivity index (χ4v) is 1.79. The molecule has 14 heavy (non-hydrogen) atoms. The van der Waals surface area contributed by atoms with Crippen molar-refractivity contribution >= 4 is 11.6 Å². The van der Waals surface area contributed by atoms with Gasteiger partial charge in [0, 0.05) is 25.5 Å². The van der Waals surface area contributed by atoms with Gasteiger partial charge in [-0.15, -0.1) is 11.6 Å². The van der Waals surface area contributed by atoms with E-state index in [0.29, 0.717) is 5.88 Å². The van der Waals surface area contributed by atoms with E-state index in [4.69, 9.17) is 11.6 Å². The molecule has 0 aliphatic heterocycles. The van der Waals surface area contributed by atoms with Crippen LogP contribution < -0.4 is 0 Å². The Kier molecular flexibility index (Phi) is 4.42. The number of nitrogens with zero attached hydrogens (tertiary/aromatic N) is 3. The van der Waals surface area contributed by atoms with Gasteiger partial charge in [0.05, 0.1) is 11.4 Å². The van der Waals surface area contributed by atoms with Crippen LogP contribution in [0.15, 0.2) is 6.07 Å². The smallest absolute Gasteiger partial charge is 0.0597 e. The molecule has 3 nitrogen and oxygen atoms in total. The summed E-state index contributed by atoms with van der Waals surface area (Å²) in [5, 5.41) is 4.40. The quantitative estimate of drug-likeness (QED) is 0.700. The summed E-state index contributed by atoms with van der Waals surface area (Å²) in [6.45, 7) is 6.89. The van der Waals surface area contributed by atoms with Gasteiger partial charge in [-0.1, -0.05) is 0 Å². The van der Waals surface area contributed by atoms with Crippen LogP contribution in [0, 0.1) is 6.92 Å². The minimum Gasteiger partial charge on any atom is -0.299 e. The summed E-state index contributed by atoms with van der Waals surface area (Å²) in [6, 6.07) is 2.13. The first-order valence-electron chi connectivity index (χ1n) is 4.95. The highest BCUT2D eigenvalue weighted by molar-refractivity contribution is 6.18. The molecule has 0 unspecified atom stereocenters. The summed E-state index contributed by atoms with van der Waals surface area (Å²) in [4.78, 5) is 2.20. The van der Waals surface area contributed by atoms with Crippen LogP contribution in [0.1, 0.15) is 18.3 Å². The highest BCUT2D eigenvalue weighted by atomic mass is 35.5. The molecular formula is C10H18ClN3. The van der Waals surface area contributed by atoms with Gasteiger partial charge < -0.3 is 0 Å². The highest BCUT2D eigenvalue weighted by Gasteiger charge is 2.06. The second-order valence-electron chi connectivity index (χ2n) is 3.52. The van der Waals surface area contributed by atoms with Crippen molar-refractivity contribution in [3.05, 3.63) is 17.5 Å². The molecule has 0 aromatic carbocycles. The van der Waals surface area contributed by atoms with Gasteiger partial charge in [0.2, 0.25) is 0 Å². The first kappa shape index (κ1) is 11.5. The Labute approximate surface area is 90.7 Å². The van der Waals surface area contributed by atoms with Gasteiger partial charge in [-0.05, 0) is 27.0 Å². The van der Waals surface area contributed by atoms with E-state index in [-0.39, 0.29) is 0 Å². The predicted molar refractivity (Wildman–Crippen MR) is 59.7 cm³/mol. The van der Waals surface area contributed by atoms with Gasteiger partial charge in [-0.3, -0.25) is 9.58 Å². The average Bonchev–Trinajstić information content (AvgIpc) is 2.46. The zero-order valence-electron chi connectivity index (χ0n) is 9.13. The number of hydrogen-bond donors (Lipinski definition) is 0. The molecule has 0 amide bonds. The molecule has 0 atom stereocenters. The van der Waals surface area contributed by atoms with Crippen LogP contribution in [-0.2, 0) is 13.1 Å². The number of halogens is 1. The predicted octanol–water partition coefficient (Wildman–Crippen LogP) is 1.88. The van der Waals surface area contributed by atoms with Crippen molar-refractivity contribution in [3.8, 4) is 0 Å². The molecule has 80 valence electrons. The van der Waals surface area contributed by atoms with E-state index in [9.17, 15) is 0 Å². The van der Waals surface area contributed by atoms with Gasteiger partial charge in [0.25, 0.3) is 0 Å². The average molecular weight is 216 g/mol. The molecule has 0 bridgehead atoms. The van der Waals surface area contributed by atoms with Gasteiger partial charge in [-0.2, -0.15) is 5.10 Å². The fourth-order valence-electron chi connectivity index (χ4n) is 1.50. The maximum absolute atomic E-state index is 5.68. The van der Waals surface area contributed by atoms with E-state index in [1.165, 1.54) is 5.69 Å². The molecule has 0 radical (unpaired) electrons. The number of aromatic nitrogens is 2. The molecule has 1 rings (SSSR count). The third-order valence-electron chi connectivity index (χ3n) is 2.18. The van der Waals surface area contributed by atoms with Gasteiger partial charge >= 0.3 is 0 Å². The lowest BCUT2D eigenvalue weighted by Gasteiger charge is -2.15. The first-order chi connectivity index (χ1) is 6.67. The summed E-state index contributed by atoms with van der Waals surface area (Å²) in [5.41, 5.74) is 2.35. The molecule has 0 saturated carbocycles. The minimum absolute atomic E-state index is 0.676. The van der Waals surface area contributed by atoms with Gasteiger partial charge in [0.1, 0.15) is 0 Å². The monoisotopic (exact) mass is 215 g/mol. The van der Waals surface area contributed by atoms with E-state index < -0.39 is 0 Å². The number of hydrogen-bond acceptors (Lipinski definition) is 2. The number of aryl methyl sites for hydroxylation is 2. The van der Waals surface area contributed by atoms with E-state index in [2.05, 4.69) is 30.0 Å². The second kappa shape index (κ2) is 5.37. The molecule has 0 aliphatic rings. The molecular weight excluding hydrogens is 198 g/mol. The number of rotatable bonds is 5. The summed E-state index contributed by atoms with van der Waals surface area (Å²) < 4.78 is 2.04. The standard InChI is InChI=1S/C10H18ClN3/c1-4-14-10(7-9(2)12-14)8-13(3)6-5-11/h7H,4-6,8H2,1-3H3. The van der Waals surface area contributed by atoms with Crippen molar-refractivity contribution in [2.24, 2.45) is 0 Å². The number of alkyl halides is 1. The molecule has 1 aromatic rings. The van der Waals surface area contributed by atoms with Crippen molar-refractivity contribution in [2.45, 2.75) is 26.9 Å². The Hall–Kier alpha value is -0.540. The molecule has 1 heterocycles. The molecule has 1 aromatic heterocycles. The summed E-state index contributed by atoms with van der Waals surface area (Å²) >= 11 is 5.68. The topological polar surface area (TPSA) is 21.1 Å². The maximum Gasteiger partial charge on any atom is 0.0597 e. The van der Waals surface area contributed by atoms with Crippen molar-refractivity contribution < 1.29 is 0 Å². The van der Waals surface area contributed by atoms with E-state index >= 15 is 0 Å². The lowest BCUT2D eigenvalue weighted by Crippen LogP contribution is -2.22. The van der Waals surface area contributed by atoms with Crippen molar-refractivity contribution in [1.29, 1.82) is 0 Å². The summed E-state index contributed by atoms with van der Waals surface area (Å²) in [6.07, 6.45) is 0. The van der Waals surface area contributed by atoms with E-state index in [1.54, 1.807) is 0 Å². The van der Waals surface area contributed by atoms with Crippen molar-refractivity contribution in [3.63, 3.8) is 0 Å². The Morgan fingerprint density at radius 1 is 1.57 bits per heavy atom.